The Kier molecular flexibility index (Phi) is 5.02. The summed E-state index contributed by atoms with van der Waals surface area (Å²) in [5, 5.41) is 2.39. The summed E-state index contributed by atoms with van der Waals surface area (Å²) in [6.45, 7) is 2.18. The molecular weight excluding hydrogens is 298 g/mol. The smallest absolute Gasteiger partial charge is 0.330 e. The van der Waals surface area contributed by atoms with Crippen LogP contribution in [0.25, 0.3) is 16.8 Å². The predicted molar refractivity (Wildman–Crippen MR) is 96.7 cm³/mol. The lowest BCUT2D eigenvalue weighted by atomic mass is 10.0. The molecule has 0 saturated heterocycles. The first-order valence-corrected chi connectivity index (χ1v) is 8.02. The van der Waals surface area contributed by atoms with Crippen LogP contribution < -0.4 is 0 Å². The zero-order valence-electron chi connectivity index (χ0n) is 13.6. The van der Waals surface area contributed by atoms with E-state index in [2.05, 4.69) is 29.2 Å². The molecule has 3 rings (SSSR count). The van der Waals surface area contributed by atoms with Gasteiger partial charge in [-0.15, -0.1) is 0 Å². The van der Waals surface area contributed by atoms with Gasteiger partial charge in [-0.25, -0.2) is 4.79 Å². The minimum absolute atomic E-state index is 0.318. The van der Waals surface area contributed by atoms with E-state index in [1.165, 1.54) is 22.4 Å². The predicted octanol–water partition coefficient (Wildman–Crippen LogP) is 4.40. The van der Waals surface area contributed by atoms with Crippen molar-refractivity contribution in [2.45, 2.75) is 13.3 Å². The van der Waals surface area contributed by atoms with Gasteiger partial charge in [0.1, 0.15) is 0 Å². The van der Waals surface area contributed by atoms with E-state index in [1.54, 1.807) is 13.0 Å². The highest BCUT2D eigenvalue weighted by Gasteiger charge is 2.03. The van der Waals surface area contributed by atoms with Crippen molar-refractivity contribution in [3.8, 4) is 0 Å². The van der Waals surface area contributed by atoms with Crippen molar-refractivity contribution < 1.29 is 9.53 Å². The molecule has 3 nitrogen and oxygen atoms in total. The summed E-state index contributed by atoms with van der Waals surface area (Å²) in [6, 6.07) is 18.4. The van der Waals surface area contributed by atoms with Crippen LogP contribution in [0.4, 0.5) is 0 Å². The summed E-state index contributed by atoms with van der Waals surface area (Å²) in [4.78, 5) is 15.9. The third-order valence-corrected chi connectivity index (χ3v) is 3.81. The normalized spacial score (nSPS) is 11.0. The monoisotopic (exact) mass is 317 g/mol. The fraction of sp³-hybridized carbons (Fsp3) is 0.143. The quantitative estimate of drug-likeness (QED) is 0.517. The maximum absolute atomic E-state index is 11.3. The zero-order valence-corrected chi connectivity index (χ0v) is 13.6. The Morgan fingerprint density at radius 1 is 1.08 bits per heavy atom. The lowest BCUT2D eigenvalue weighted by Gasteiger charge is -2.06. The van der Waals surface area contributed by atoms with Crippen LogP contribution in [0.3, 0.4) is 0 Å². The highest BCUT2D eigenvalue weighted by atomic mass is 16.5. The minimum Gasteiger partial charge on any atom is -0.463 e. The molecule has 1 heterocycles. The third kappa shape index (κ3) is 3.87. The summed E-state index contributed by atoms with van der Waals surface area (Å²) in [5.41, 5.74) is 3.23. The van der Waals surface area contributed by atoms with E-state index in [0.717, 1.165) is 17.7 Å². The van der Waals surface area contributed by atoms with Crippen molar-refractivity contribution in [2.24, 2.45) is 0 Å². The van der Waals surface area contributed by atoms with Gasteiger partial charge in [0.2, 0.25) is 0 Å². The molecule has 120 valence electrons. The van der Waals surface area contributed by atoms with E-state index in [-0.39, 0.29) is 5.97 Å². The first kappa shape index (κ1) is 15.9. The lowest BCUT2D eigenvalue weighted by Crippen LogP contribution is -1.98. The van der Waals surface area contributed by atoms with E-state index in [0.29, 0.717) is 6.61 Å². The third-order valence-electron chi connectivity index (χ3n) is 3.81. The average Bonchev–Trinajstić information content (AvgIpc) is 2.62. The summed E-state index contributed by atoms with van der Waals surface area (Å²) < 4.78 is 4.87. The van der Waals surface area contributed by atoms with Gasteiger partial charge in [0.25, 0.3) is 0 Å². The van der Waals surface area contributed by atoms with E-state index >= 15 is 0 Å². The fourth-order valence-electron chi connectivity index (χ4n) is 2.62. The first-order chi connectivity index (χ1) is 11.8. The molecule has 0 saturated carbocycles. The number of carbonyl (C=O) groups excluding carboxylic acids is 1. The van der Waals surface area contributed by atoms with Crippen LogP contribution in [0.1, 0.15) is 23.7 Å². The van der Waals surface area contributed by atoms with Crippen LogP contribution in [0.5, 0.6) is 0 Å². The molecule has 0 unspecified atom stereocenters. The molecule has 3 aromatic rings. The Bertz CT molecular complexity index is 861. The Morgan fingerprint density at radius 2 is 1.88 bits per heavy atom. The fourth-order valence-corrected chi connectivity index (χ4v) is 2.62. The number of hydrogen-bond donors (Lipinski definition) is 0. The highest BCUT2D eigenvalue weighted by molar-refractivity contribution is 5.87. The molecule has 0 aliphatic carbocycles. The number of fused-ring (bicyclic) bond motifs is 1. The van der Waals surface area contributed by atoms with Gasteiger partial charge < -0.3 is 4.74 Å². The number of aromatic nitrogens is 1. The molecule has 0 bridgehead atoms. The van der Waals surface area contributed by atoms with Crippen molar-refractivity contribution in [3.63, 3.8) is 0 Å². The number of carbonyl (C=O) groups is 1. The maximum atomic E-state index is 11.3. The van der Waals surface area contributed by atoms with Gasteiger partial charge >= 0.3 is 5.97 Å². The highest BCUT2D eigenvalue weighted by Crippen LogP contribution is 2.19. The van der Waals surface area contributed by atoms with Crippen LogP contribution in [0, 0.1) is 0 Å². The van der Waals surface area contributed by atoms with Crippen molar-refractivity contribution in [2.75, 3.05) is 6.61 Å². The van der Waals surface area contributed by atoms with Crippen molar-refractivity contribution in [3.05, 3.63) is 83.7 Å². The zero-order chi connectivity index (χ0) is 16.8. The number of benzene rings is 2. The van der Waals surface area contributed by atoms with Gasteiger partial charge in [0.15, 0.2) is 0 Å². The molecule has 2 aromatic carbocycles. The summed E-state index contributed by atoms with van der Waals surface area (Å²) in [7, 11) is 0. The van der Waals surface area contributed by atoms with Gasteiger partial charge in [-0.2, -0.15) is 0 Å². The van der Waals surface area contributed by atoms with Crippen LogP contribution in [-0.4, -0.2) is 17.6 Å². The van der Waals surface area contributed by atoms with Gasteiger partial charge in [-0.05, 0) is 35.6 Å². The number of esters is 1. The van der Waals surface area contributed by atoms with E-state index in [1.807, 2.05) is 36.5 Å². The molecular formula is C21H19NO2. The van der Waals surface area contributed by atoms with Crippen molar-refractivity contribution in [1.82, 2.24) is 4.98 Å². The summed E-state index contributed by atoms with van der Waals surface area (Å²) >= 11 is 0. The standard InChI is InChI=1S/C21H19NO2/c1-2-24-21(23)12-11-16-7-9-17(10-8-16)15-20-19-6-4-3-5-18(19)13-14-22-20/h3-14H,2,15H2,1H3/b12-11+. The van der Waals surface area contributed by atoms with Crippen LogP contribution in [0.15, 0.2) is 66.9 Å². The maximum Gasteiger partial charge on any atom is 0.330 e. The van der Waals surface area contributed by atoms with Gasteiger partial charge in [-0.1, -0.05) is 48.5 Å². The van der Waals surface area contributed by atoms with Gasteiger partial charge in [-0.3, -0.25) is 4.98 Å². The summed E-state index contributed by atoms with van der Waals surface area (Å²) in [6.07, 6.45) is 5.85. The van der Waals surface area contributed by atoms with Crippen molar-refractivity contribution >= 4 is 22.8 Å². The second kappa shape index (κ2) is 7.55. The molecule has 24 heavy (non-hydrogen) atoms. The second-order valence-electron chi connectivity index (χ2n) is 5.48. The molecule has 0 spiro atoms. The van der Waals surface area contributed by atoms with Gasteiger partial charge in [0.05, 0.1) is 12.3 Å². The Labute approximate surface area is 141 Å². The topological polar surface area (TPSA) is 39.2 Å². The Morgan fingerprint density at radius 3 is 2.67 bits per heavy atom. The second-order valence-corrected chi connectivity index (χ2v) is 5.48. The molecule has 0 aliphatic heterocycles. The number of hydrogen-bond acceptors (Lipinski definition) is 3. The molecule has 0 amide bonds. The number of pyridine rings is 1. The Hall–Kier alpha value is -2.94. The van der Waals surface area contributed by atoms with Crippen molar-refractivity contribution in [1.29, 1.82) is 0 Å². The molecule has 0 fully saturated rings. The molecule has 0 radical (unpaired) electrons. The molecule has 1 aromatic heterocycles. The van der Waals surface area contributed by atoms with Crippen LogP contribution >= 0.6 is 0 Å². The van der Waals surface area contributed by atoms with Gasteiger partial charge in [0, 0.05) is 24.1 Å². The molecule has 0 N–H and O–H groups in total. The van der Waals surface area contributed by atoms with Crippen LogP contribution in [-0.2, 0) is 16.0 Å². The van der Waals surface area contributed by atoms with E-state index in [4.69, 9.17) is 4.74 Å². The van der Waals surface area contributed by atoms with E-state index < -0.39 is 0 Å². The number of ether oxygens (including phenoxy) is 1. The number of nitrogens with zero attached hydrogens (tertiary/aromatic N) is 1. The van der Waals surface area contributed by atoms with Crippen LogP contribution in [0.2, 0.25) is 0 Å². The SMILES string of the molecule is CCOC(=O)/C=C/c1ccc(Cc2nccc3ccccc23)cc1. The average molecular weight is 317 g/mol. The largest absolute Gasteiger partial charge is 0.463 e. The molecule has 0 aliphatic rings. The number of rotatable bonds is 5. The molecule has 0 atom stereocenters. The van der Waals surface area contributed by atoms with E-state index in [9.17, 15) is 4.79 Å². The minimum atomic E-state index is -0.318. The Balaban J connectivity index is 1.75. The first-order valence-electron chi connectivity index (χ1n) is 8.02. The molecule has 3 heteroatoms. The lowest BCUT2D eigenvalue weighted by molar-refractivity contribution is -0.137. The summed E-state index contributed by atoms with van der Waals surface area (Å²) in [5.74, 6) is -0.318.